The summed E-state index contributed by atoms with van der Waals surface area (Å²) in [6, 6.07) is 17.9. The maximum atomic E-state index is 13.0. The second-order valence-corrected chi connectivity index (χ2v) is 6.37. The van der Waals surface area contributed by atoms with Crippen LogP contribution >= 0.6 is 11.6 Å². The van der Waals surface area contributed by atoms with Crippen LogP contribution in [0.5, 0.6) is 0 Å². The summed E-state index contributed by atoms with van der Waals surface area (Å²) < 4.78 is 16.6. The third-order valence-corrected chi connectivity index (χ3v) is 4.43. The predicted molar refractivity (Wildman–Crippen MR) is 100 cm³/mol. The van der Waals surface area contributed by atoms with Gasteiger partial charge in [-0.1, -0.05) is 23.7 Å². The van der Waals surface area contributed by atoms with Crippen LogP contribution in [0.1, 0.15) is 22.1 Å². The molecule has 0 atom stereocenters. The summed E-state index contributed by atoms with van der Waals surface area (Å²) in [4.78, 5) is 14.6. The molecule has 6 heteroatoms. The smallest absolute Gasteiger partial charge is 0.290 e. The van der Waals surface area contributed by atoms with E-state index in [0.29, 0.717) is 35.4 Å². The molecule has 0 radical (unpaired) electrons. The first-order valence-electron chi connectivity index (χ1n) is 8.39. The van der Waals surface area contributed by atoms with Gasteiger partial charge in [0.15, 0.2) is 5.76 Å². The maximum absolute atomic E-state index is 13.0. The van der Waals surface area contributed by atoms with Crippen LogP contribution in [-0.4, -0.2) is 10.8 Å². The maximum Gasteiger partial charge on any atom is 0.290 e. The molecule has 0 saturated heterocycles. The molecular weight excluding hydrogens is 366 g/mol. The van der Waals surface area contributed by atoms with E-state index in [4.69, 9.17) is 24.9 Å². The lowest BCUT2D eigenvalue weighted by Crippen LogP contribution is -2.29. The Kier molecular flexibility index (Phi) is 4.85. The summed E-state index contributed by atoms with van der Waals surface area (Å²) in [5.74, 6) is 1.85. The van der Waals surface area contributed by atoms with E-state index in [1.54, 1.807) is 47.8 Å². The van der Waals surface area contributed by atoms with Gasteiger partial charge in [-0.2, -0.15) is 0 Å². The highest BCUT2D eigenvalue weighted by Gasteiger charge is 2.22. The quantitative estimate of drug-likeness (QED) is 0.434. The first kappa shape index (κ1) is 17.2. The Bertz CT molecular complexity index is 982. The van der Waals surface area contributed by atoms with Crippen LogP contribution in [0, 0.1) is 0 Å². The van der Waals surface area contributed by atoms with Crippen LogP contribution < -0.4 is 0 Å². The fraction of sp³-hybridized carbons (Fsp3) is 0.0952. The SMILES string of the molecule is O=C(c1ccc(-c2ccccc2Cl)o1)N(Cc1ccco1)Cc1ccco1. The molecule has 0 saturated carbocycles. The van der Waals surface area contributed by atoms with Gasteiger partial charge in [0.25, 0.3) is 5.91 Å². The third-order valence-electron chi connectivity index (χ3n) is 4.10. The van der Waals surface area contributed by atoms with Crippen molar-refractivity contribution in [2.24, 2.45) is 0 Å². The molecule has 27 heavy (non-hydrogen) atoms. The van der Waals surface area contributed by atoms with Crippen LogP contribution in [0.25, 0.3) is 11.3 Å². The van der Waals surface area contributed by atoms with E-state index in [1.165, 1.54) is 0 Å². The number of nitrogens with zero attached hydrogens (tertiary/aromatic N) is 1. The number of hydrogen-bond acceptors (Lipinski definition) is 4. The molecule has 0 N–H and O–H groups in total. The molecule has 4 rings (SSSR count). The molecular formula is C21H16ClNO4. The van der Waals surface area contributed by atoms with E-state index in [9.17, 15) is 4.79 Å². The molecule has 0 aliphatic rings. The molecule has 1 amide bonds. The molecule has 136 valence electrons. The summed E-state index contributed by atoms with van der Waals surface area (Å²) in [5, 5.41) is 0.564. The Morgan fingerprint density at radius 2 is 1.52 bits per heavy atom. The summed E-state index contributed by atoms with van der Waals surface area (Å²) in [6.07, 6.45) is 3.15. The van der Waals surface area contributed by atoms with Crippen molar-refractivity contribution >= 4 is 17.5 Å². The predicted octanol–water partition coefficient (Wildman–Crippen LogP) is 5.63. The zero-order valence-electron chi connectivity index (χ0n) is 14.3. The van der Waals surface area contributed by atoms with E-state index in [2.05, 4.69) is 0 Å². The van der Waals surface area contributed by atoms with E-state index in [-0.39, 0.29) is 11.7 Å². The molecule has 5 nitrogen and oxygen atoms in total. The highest BCUT2D eigenvalue weighted by Crippen LogP contribution is 2.29. The Morgan fingerprint density at radius 3 is 2.11 bits per heavy atom. The van der Waals surface area contributed by atoms with E-state index in [0.717, 1.165) is 5.56 Å². The normalized spacial score (nSPS) is 10.9. The Morgan fingerprint density at radius 1 is 0.852 bits per heavy atom. The molecule has 3 heterocycles. The van der Waals surface area contributed by atoms with Gasteiger partial charge in [0.05, 0.1) is 30.6 Å². The van der Waals surface area contributed by atoms with Gasteiger partial charge in [0.1, 0.15) is 17.3 Å². The average molecular weight is 382 g/mol. The molecule has 0 aliphatic heterocycles. The van der Waals surface area contributed by atoms with E-state index >= 15 is 0 Å². The van der Waals surface area contributed by atoms with Crippen molar-refractivity contribution in [3.63, 3.8) is 0 Å². The molecule has 0 fully saturated rings. The fourth-order valence-electron chi connectivity index (χ4n) is 2.80. The Labute approximate surface area is 160 Å². The molecule has 0 unspecified atom stereocenters. The first-order chi connectivity index (χ1) is 13.2. The minimum absolute atomic E-state index is 0.225. The average Bonchev–Trinajstić information content (AvgIpc) is 3.44. The summed E-state index contributed by atoms with van der Waals surface area (Å²) in [5.41, 5.74) is 0.738. The van der Waals surface area contributed by atoms with Gasteiger partial charge in [-0.05, 0) is 48.5 Å². The highest BCUT2D eigenvalue weighted by molar-refractivity contribution is 6.33. The van der Waals surface area contributed by atoms with Gasteiger partial charge >= 0.3 is 0 Å². The van der Waals surface area contributed by atoms with Crippen LogP contribution in [-0.2, 0) is 13.1 Å². The number of benzene rings is 1. The van der Waals surface area contributed by atoms with Crippen molar-refractivity contribution in [1.29, 1.82) is 0 Å². The van der Waals surface area contributed by atoms with E-state index < -0.39 is 0 Å². The van der Waals surface area contributed by atoms with Gasteiger partial charge in [-0.3, -0.25) is 4.79 Å². The minimum Gasteiger partial charge on any atom is -0.467 e. The Hall–Kier alpha value is -3.18. The van der Waals surface area contributed by atoms with Gasteiger partial charge in [0, 0.05) is 5.56 Å². The molecule has 4 aromatic rings. The Balaban J connectivity index is 1.60. The van der Waals surface area contributed by atoms with Gasteiger partial charge < -0.3 is 18.2 Å². The van der Waals surface area contributed by atoms with Crippen LogP contribution in [0.3, 0.4) is 0 Å². The minimum atomic E-state index is -0.263. The molecule has 1 aromatic carbocycles. The van der Waals surface area contributed by atoms with Crippen molar-refractivity contribution < 1.29 is 18.0 Å². The molecule has 0 bridgehead atoms. The number of furan rings is 3. The summed E-state index contributed by atoms with van der Waals surface area (Å²) >= 11 is 6.22. The first-order valence-corrected chi connectivity index (χ1v) is 8.77. The number of amides is 1. The number of carbonyl (C=O) groups is 1. The van der Waals surface area contributed by atoms with Crippen molar-refractivity contribution in [2.75, 3.05) is 0 Å². The van der Waals surface area contributed by atoms with Crippen molar-refractivity contribution in [3.8, 4) is 11.3 Å². The van der Waals surface area contributed by atoms with Crippen molar-refractivity contribution in [1.82, 2.24) is 4.90 Å². The fourth-order valence-corrected chi connectivity index (χ4v) is 3.02. The summed E-state index contributed by atoms with van der Waals surface area (Å²) in [6.45, 7) is 0.601. The number of carbonyl (C=O) groups excluding carboxylic acids is 1. The van der Waals surface area contributed by atoms with Crippen molar-refractivity contribution in [2.45, 2.75) is 13.1 Å². The monoisotopic (exact) mass is 381 g/mol. The lowest BCUT2D eigenvalue weighted by Gasteiger charge is -2.19. The van der Waals surface area contributed by atoms with Gasteiger partial charge in [-0.15, -0.1) is 0 Å². The second-order valence-electron chi connectivity index (χ2n) is 5.96. The van der Waals surface area contributed by atoms with Crippen LogP contribution in [0.15, 0.2) is 86.4 Å². The number of hydrogen-bond donors (Lipinski definition) is 0. The molecule has 0 aliphatic carbocycles. The topological polar surface area (TPSA) is 59.7 Å². The van der Waals surface area contributed by atoms with Crippen LogP contribution in [0.2, 0.25) is 5.02 Å². The zero-order chi connectivity index (χ0) is 18.6. The molecule has 3 aromatic heterocycles. The second kappa shape index (κ2) is 7.60. The van der Waals surface area contributed by atoms with E-state index in [1.807, 2.05) is 30.3 Å². The zero-order valence-corrected chi connectivity index (χ0v) is 15.1. The molecule has 0 spiro atoms. The largest absolute Gasteiger partial charge is 0.467 e. The standard InChI is InChI=1S/C21H16ClNO4/c22-18-8-2-1-7-17(18)19-9-10-20(27-19)21(24)23(13-15-5-3-11-25-15)14-16-6-4-12-26-16/h1-12H,13-14H2. The van der Waals surface area contributed by atoms with Crippen molar-refractivity contribution in [3.05, 3.63) is 95.5 Å². The summed E-state index contributed by atoms with van der Waals surface area (Å²) in [7, 11) is 0. The van der Waals surface area contributed by atoms with Crippen LogP contribution in [0.4, 0.5) is 0 Å². The van der Waals surface area contributed by atoms with Gasteiger partial charge in [0.2, 0.25) is 0 Å². The van der Waals surface area contributed by atoms with Gasteiger partial charge in [-0.25, -0.2) is 0 Å². The third kappa shape index (κ3) is 3.83. The number of halogens is 1. The lowest BCUT2D eigenvalue weighted by atomic mass is 10.2. The number of rotatable bonds is 6. The lowest BCUT2D eigenvalue weighted by molar-refractivity contribution is 0.0673. The highest BCUT2D eigenvalue weighted by atomic mass is 35.5.